The third-order valence-electron chi connectivity index (χ3n) is 4.34. The summed E-state index contributed by atoms with van der Waals surface area (Å²) >= 11 is 0. The molecule has 2 aromatic rings. The molecule has 4 rings (SSSR count). The number of aromatic nitrogens is 1. The number of amides is 1. The molecule has 6 nitrogen and oxygen atoms in total. The average molecular weight is 314 g/mol. The lowest BCUT2D eigenvalue weighted by molar-refractivity contribution is -0.131. The Morgan fingerprint density at radius 1 is 1.30 bits per heavy atom. The van der Waals surface area contributed by atoms with Gasteiger partial charge in [0.15, 0.2) is 17.3 Å². The van der Waals surface area contributed by atoms with Gasteiger partial charge in [-0.15, -0.1) is 0 Å². The molecule has 2 aliphatic rings. The molecule has 0 saturated carbocycles. The standard InChI is InChI=1S/C17H18N2O4/c1-11-7-15(23-18-11)13-3-2-6-19(13)17(20)9-12-4-5-14-16(8-12)22-10-21-14/h4-5,7-8,13H,2-3,6,9-10H2,1H3/t13-/m1/s1. The third kappa shape index (κ3) is 2.65. The highest BCUT2D eigenvalue weighted by Crippen LogP contribution is 2.35. The van der Waals surface area contributed by atoms with Crippen LogP contribution in [0.5, 0.6) is 11.5 Å². The van der Waals surface area contributed by atoms with Gasteiger partial charge in [-0.3, -0.25) is 4.79 Å². The number of rotatable bonds is 3. The Morgan fingerprint density at radius 3 is 3.00 bits per heavy atom. The van der Waals surface area contributed by atoms with Gasteiger partial charge in [0, 0.05) is 12.6 Å². The smallest absolute Gasteiger partial charge is 0.231 e. The van der Waals surface area contributed by atoms with E-state index in [9.17, 15) is 4.79 Å². The molecule has 1 saturated heterocycles. The number of carbonyl (C=O) groups is 1. The quantitative estimate of drug-likeness (QED) is 0.871. The molecule has 0 unspecified atom stereocenters. The van der Waals surface area contributed by atoms with E-state index < -0.39 is 0 Å². The van der Waals surface area contributed by atoms with Gasteiger partial charge in [-0.2, -0.15) is 0 Å². The van der Waals surface area contributed by atoms with Gasteiger partial charge in [-0.25, -0.2) is 0 Å². The zero-order valence-electron chi connectivity index (χ0n) is 12.9. The minimum atomic E-state index is -0.00212. The SMILES string of the molecule is Cc1cc([C@H]2CCCN2C(=O)Cc2ccc3c(c2)OCO3)on1. The van der Waals surface area contributed by atoms with Gasteiger partial charge < -0.3 is 18.9 Å². The molecule has 0 aliphatic carbocycles. The fourth-order valence-electron chi connectivity index (χ4n) is 3.23. The van der Waals surface area contributed by atoms with E-state index in [0.29, 0.717) is 12.2 Å². The molecule has 1 atom stereocenters. The Labute approximate surface area is 134 Å². The number of carbonyl (C=O) groups excluding carboxylic acids is 1. The Hall–Kier alpha value is -2.50. The highest BCUT2D eigenvalue weighted by Gasteiger charge is 2.32. The van der Waals surface area contributed by atoms with Crippen molar-refractivity contribution in [1.29, 1.82) is 0 Å². The number of ether oxygens (including phenoxy) is 2. The summed E-state index contributed by atoms with van der Waals surface area (Å²) in [6, 6.07) is 7.56. The van der Waals surface area contributed by atoms with Crippen molar-refractivity contribution in [2.75, 3.05) is 13.3 Å². The van der Waals surface area contributed by atoms with Crippen LogP contribution in [0.1, 0.15) is 35.9 Å². The third-order valence-corrected chi connectivity index (χ3v) is 4.34. The maximum atomic E-state index is 12.7. The molecular formula is C17H18N2O4. The summed E-state index contributed by atoms with van der Waals surface area (Å²) in [5.41, 5.74) is 1.77. The first-order valence-corrected chi connectivity index (χ1v) is 7.82. The molecule has 0 radical (unpaired) electrons. The van der Waals surface area contributed by atoms with Crippen LogP contribution < -0.4 is 9.47 Å². The second kappa shape index (κ2) is 5.61. The number of fused-ring (bicyclic) bond motifs is 1. The predicted octanol–water partition coefficient (Wildman–Crippen LogP) is 2.62. The van der Waals surface area contributed by atoms with Crippen LogP contribution in [-0.4, -0.2) is 29.3 Å². The van der Waals surface area contributed by atoms with Gasteiger partial charge in [0.1, 0.15) is 0 Å². The molecule has 2 aliphatic heterocycles. The van der Waals surface area contributed by atoms with Gasteiger partial charge in [0.25, 0.3) is 0 Å². The zero-order chi connectivity index (χ0) is 15.8. The summed E-state index contributed by atoms with van der Waals surface area (Å²) < 4.78 is 16.0. The summed E-state index contributed by atoms with van der Waals surface area (Å²) in [6.07, 6.45) is 2.25. The molecule has 1 amide bonds. The molecule has 1 aromatic heterocycles. The molecule has 1 fully saturated rings. The van der Waals surface area contributed by atoms with Gasteiger partial charge in [0.2, 0.25) is 12.7 Å². The lowest BCUT2D eigenvalue weighted by Gasteiger charge is -2.22. The number of hydrogen-bond acceptors (Lipinski definition) is 5. The van der Waals surface area contributed by atoms with Crippen molar-refractivity contribution in [1.82, 2.24) is 10.1 Å². The fraction of sp³-hybridized carbons (Fsp3) is 0.412. The van der Waals surface area contributed by atoms with E-state index in [1.807, 2.05) is 36.1 Å². The van der Waals surface area contributed by atoms with Gasteiger partial charge in [0.05, 0.1) is 18.2 Å². The summed E-state index contributed by atoms with van der Waals surface area (Å²) in [5.74, 6) is 2.32. The number of benzene rings is 1. The van der Waals surface area contributed by atoms with Crippen LogP contribution in [0.3, 0.4) is 0 Å². The fourth-order valence-corrected chi connectivity index (χ4v) is 3.23. The van der Waals surface area contributed by atoms with E-state index in [0.717, 1.165) is 42.2 Å². The van der Waals surface area contributed by atoms with Crippen molar-refractivity contribution in [2.24, 2.45) is 0 Å². The van der Waals surface area contributed by atoms with Crippen LogP contribution in [0.4, 0.5) is 0 Å². The highest BCUT2D eigenvalue weighted by atomic mass is 16.7. The second-order valence-corrected chi connectivity index (χ2v) is 5.98. The lowest BCUT2D eigenvalue weighted by Crippen LogP contribution is -2.31. The number of nitrogens with zero attached hydrogens (tertiary/aromatic N) is 2. The van der Waals surface area contributed by atoms with Crippen LogP contribution >= 0.6 is 0 Å². The molecule has 3 heterocycles. The van der Waals surface area contributed by atoms with Gasteiger partial charge in [-0.1, -0.05) is 11.2 Å². The largest absolute Gasteiger partial charge is 0.454 e. The van der Waals surface area contributed by atoms with Crippen molar-refractivity contribution in [3.8, 4) is 11.5 Å². The van der Waals surface area contributed by atoms with Crippen molar-refractivity contribution in [3.05, 3.63) is 41.3 Å². The zero-order valence-corrected chi connectivity index (χ0v) is 12.9. The topological polar surface area (TPSA) is 64.8 Å². The van der Waals surface area contributed by atoms with Crippen LogP contribution in [0, 0.1) is 6.92 Å². The monoisotopic (exact) mass is 314 g/mol. The number of aryl methyl sites for hydroxylation is 1. The van der Waals surface area contributed by atoms with E-state index in [4.69, 9.17) is 14.0 Å². The van der Waals surface area contributed by atoms with E-state index >= 15 is 0 Å². The lowest BCUT2D eigenvalue weighted by atomic mass is 10.1. The summed E-state index contributed by atoms with van der Waals surface area (Å²) in [4.78, 5) is 14.6. The maximum absolute atomic E-state index is 12.7. The van der Waals surface area contributed by atoms with E-state index in [1.54, 1.807) is 0 Å². The van der Waals surface area contributed by atoms with Gasteiger partial charge in [-0.05, 0) is 37.5 Å². The molecule has 1 aromatic carbocycles. The molecule has 0 N–H and O–H groups in total. The Bertz CT molecular complexity index is 740. The van der Waals surface area contributed by atoms with Crippen molar-refractivity contribution in [3.63, 3.8) is 0 Å². The Morgan fingerprint density at radius 2 is 2.17 bits per heavy atom. The molecule has 0 bridgehead atoms. The average Bonchev–Trinajstić information content (AvgIpc) is 3.26. The molecular weight excluding hydrogens is 296 g/mol. The van der Waals surface area contributed by atoms with Crippen molar-refractivity contribution >= 4 is 5.91 Å². The molecule has 6 heteroatoms. The molecule has 120 valence electrons. The number of likely N-dealkylation sites (tertiary alicyclic amines) is 1. The maximum Gasteiger partial charge on any atom is 0.231 e. The Balaban J connectivity index is 1.50. The summed E-state index contributed by atoms with van der Waals surface area (Å²) in [5, 5.41) is 3.93. The highest BCUT2D eigenvalue weighted by molar-refractivity contribution is 5.79. The van der Waals surface area contributed by atoms with E-state index in [1.165, 1.54) is 0 Å². The van der Waals surface area contributed by atoms with Crippen LogP contribution in [0.15, 0.2) is 28.8 Å². The number of hydrogen-bond donors (Lipinski definition) is 0. The van der Waals surface area contributed by atoms with Crippen LogP contribution in [0.2, 0.25) is 0 Å². The molecule has 23 heavy (non-hydrogen) atoms. The van der Waals surface area contributed by atoms with E-state index in [2.05, 4.69) is 5.16 Å². The summed E-state index contributed by atoms with van der Waals surface area (Å²) in [6.45, 7) is 2.89. The minimum Gasteiger partial charge on any atom is -0.454 e. The first kappa shape index (κ1) is 14.1. The predicted molar refractivity (Wildman–Crippen MR) is 81.2 cm³/mol. The Kier molecular flexibility index (Phi) is 3.44. The second-order valence-electron chi connectivity index (χ2n) is 5.98. The van der Waals surface area contributed by atoms with Crippen molar-refractivity contribution in [2.45, 2.75) is 32.2 Å². The van der Waals surface area contributed by atoms with Crippen LogP contribution in [-0.2, 0) is 11.2 Å². The van der Waals surface area contributed by atoms with Crippen molar-refractivity contribution < 1.29 is 18.8 Å². The first-order chi connectivity index (χ1) is 11.2. The first-order valence-electron chi connectivity index (χ1n) is 7.82. The van der Waals surface area contributed by atoms with Crippen LogP contribution in [0.25, 0.3) is 0 Å². The van der Waals surface area contributed by atoms with E-state index in [-0.39, 0.29) is 18.7 Å². The summed E-state index contributed by atoms with van der Waals surface area (Å²) in [7, 11) is 0. The minimum absolute atomic E-state index is 0.00212. The molecule has 0 spiro atoms. The van der Waals surface area contributed by atoms with Gasteiger partial charge >= 0.3 is 0 Å². The normalized spacial score (nSPS) is 19.3.